The molecule has 1 heterocycles. The van der Waals surface area contributed by atoms with Crippen molar-refractivity contribution in [3.8, 4) is 11.3 Å². The predicted molar refractivity (Wildman–Crippen MR) is 76.2 cm³/mol. The van der Waals surface area contributed by atoms with Gasteiger partial charge in [-0.2, -0.15) is 0 Å². The molecule has 1 aromatic carbocycles. The van der Waals surface area contributed by atoms with Gasteiger partial charge in [-0.15, -0.1) is 0 Å². The average Bonchev–Trinajstić information content (AvgIpc) is 3.01. The van der Waals surface area contributed by atoms with Gasteiger partial charge in [0.25, 0.3) is 0 Å². The van der Waals surface area contributed by atoms with Crippen molar-refractivity contribution in [3.05, 3.63) is 47.2 Å². The van der Waals surface area contributed by atoms with Crippen molar-refractivity contribution in [2.24, 2.45) is 5.16 Å². The Kier molecular flexibility index (Phi) is 4.57. The number of carbonyl (C=O) groups excluding carboxylic acids is 2. The number of carbonyl (C=O) groups is 2. The average molecular weight is 303 g/mol. The Balaban J connectivity index is 2.57. The van der Waals surface area contributed by atoms with E-state index < -0.39 is 11.9 Å². The summed E-state index contributed by atoms with van der Waals surface area (Å²) in [6.45, 7) is 0. The molecule has 1 aromatic heterocycles. The first kappa shape index (κ1) is 15.3. The Hall–Kier alpha value is -3.09. The molecule has 2 aromatic rings. The number of hydrogen-bond donors (Lipinski definition) is 1. The fraction of sp³-hybridized carbons (Fsp3) is 0.133. The normalized spacial score (nSPS) is 10.6. The highest BCUT2D eigenvalue weighted by molar-refractivity contribution is 5.99. The first-order valence-corrected chi connectivity index (χ1v) is 6.19. The highest BCUT2D eigenvalue weighted by atomic mass is 16.5. The van der Waals surface area contributed by atoms with Crippen LogP contribution in [0.4, 0.5) is 0 Å². The molecule has 0 amide bonds. The molecule has 0 saturated heterocycles. The lowest BCUT2D eigenvalue weighted by Gasteiger charge is -2.08. The van der Waals surface area contributed by atoms with Gasteiger partial charge in [0.2, 0.25) is 0 Å². The molecule has 2 rings (SSSR count). The van der Waals surface area contributed by atoms with E-state index in [9.17, 15) is 9.59 Å². The summed E-state index contributed by atoms with van der Waals surface area (Å²) in [5, 5.41) is 11.4. The van der Waals surface area contributed by atoms with Crippen LogP contribution in [0.15, 0.2) is 39.9 Å². The van der Waals surface area contributed by atoms with Gasteiger partial charge in [-0.05, 0) is 30.3 Å². The largest absolute Gasteiger partial charge is 0.465 e. The van der Waals surface area contributed by atoms with Crippen LogP contribution in [0.25, 0.3) is 11.3 Å². The molecule has 0 saturated carbocycles. The first-order valence-electron chi connectivity index (χ1n) is 6.19. The van der Waals surface area contributed by atoms with E-state index in [0.717, 1.165) is 6.21 Å². The van der Waals surface area contributed by atoms with E-state index >= 15 is 0 Å². The molecule has 0 unspecified atom stereocenters. The molecular formula is C15H13NO6. The fourth-order valence-electron chi connectivity index (χ4n) is 1.90. The van der Waals surface area contributed by atoms with Gasteiger partial charge in [0, 0.05) is 5.56 Å². The van der Waals surface area contributed by atoms with Gasteiger partial charge in [-0.25, -0.2) is 9.59 Å². The summed E-state index contributed by atoms with van der Waals surface area (Å²) in [4.78, 5) is 23.5. The highest BCUT2D eigenvalue weighted by Gasteiger charge is 2.18. The molecular weight excluding hydrogens is 290 g/mol. The zero-order chi connectivity index (χ0) is 16.1. The SMILES string of the molecule is COC(=O)c1ccc(C(=O)OC)c(-c2ccc(/C=N\O)o2)c1. The van der Waals surface area contributed by atoms with Gasteiger partial charge in [0.1, 0.15) is 17.7 Å². The summed E-state index contributed by atoms with van der Waals surface area (Å²) < 4.78 is 14.8. The molecule has 0 radical (unpaired) electrons. The number of ether oxygens (including phenoxy) is 2. The molecule has 22 heavy (non-hydrogen) atoms. The van der Waals surface area contributed by atoms with E-state index in [4.69, 9.17) is 14.4 Å². The maximum atomic E-state index is 11.8. The summed E-state index contributed by atoms with van der Waals surface area (Å²) in [5.74, 6) is -0.501. The van der Waals surface area contributed by atoms with Crippen molar-refractivity contribution in [1.29, 1.82) is 0 Å². The van der Waals surface area contributed by atoms with Crippen molar-refractivity contribution in [1.82, 2.24) is 0 Å². The monoisotopic (exact) mass is 303 g/mol. The van der Waals surface area contributed by atoms with Crippen LogP contribution in [0.2, 0.25) is 0 Å². The zero-order valence-corrected chi connectivity index (χ0v) is 11.9. The summed E-state index contributed by atoms with van der Waals surface area (Å²) >= 11 is 0. The third kappa shape index (κ3) is 2.98. The maximum Gasteiger partial charge on any atom is 0.338 e. The molecule has 0 fully saturated rings. The smallest absolute Gasteiger partial charge is 0.338 e. The van der Waals surface area contributed by atoms with E-state index in [1.165, 1.54) is 32.4 Å². The Bertz CT molecular complexity index is 731. The molecule has 0 aliphatic carbocycles. The van der Waals surface area contributed by atoms with Crippen LogP contribution in [-0.4, -0.2) is 37.6 Å². The zero-order valence-electron chi connectivity index (χ0n) is 11.9. The number of furan rings is 1. The summed E-state index contributed by atoms with van der Waals surface area (Å²) in [5.41, 5.74) is 0.864. The third-order valence-electron chi connectivity index (χ3n) is 2.92. The lowest BCUT2D eigenvalue weighted by Crippen LogP contribution is -2.07. The Labute approximate surface area is 125 Å². The first-order chi connectivity index (χ1) is 10.6. The van der Waals surface area contributed by atoms with Gasteiger partial charge in [-0.3, -0.25) is 0 Å². The van der Waals surface area contributed by atoms with Crippen molar-refractivity contribution in [2.75, 3.05) is 14.2 Å². The summed E-state index contributed by atoms with van der Waals surface area (Å²) in [7, 11) is 2.52. The number of nitrogens with zero attached hydrogens (tertiary/aromatic N) is 1. The van der Waals surface area contributed by atoms with Gasteiger partial charge < -0.3 is 19.1 Å². The van der Waals surface area contributed by atoms with Crippen molar-refractivity contribution in [2.45, 2.75) is 0 Å². The Morgan fingerprint density at radius 2 is 1.86 bits per heavy atom. The van der Waals surface area contributed by atoms with Gasteiger partial charge >= 0.3 is 11.9 Å². The summed E-state index contributed by atoms with van der Waals surface area (Å²) in [6, 6.07) is 7.52. The van der Waals surface area contributed by atoms with Gasteiger partial charge in [0.05, 0.1) is 25.3 Å². The van der Waals surface area contributed by atoms with Crippen LogP contribution in [0.5, 0.6) is 0 Å². The van der Waals surface area contributed by atoms with Gasteiger partial charge in [-0.1, -0.05) is 5.16 Å². The van der Waals surface area contributed by atoms with Crippen molar-refractivity contribution >= 4 is 18.2 Å². The lowest BCUT2D eigenvalue weighted by atomic mass is 10.0. The van der Waals surface area contributed by atoms with Crippen LogP contribution < -0.4 is 0 Å². The molecule has 0 bridgehead atoms. The number of rotatable bonds is 4. The van der Waals surface area contributed by atoms with Crippen molar-refractivity contribution in [3.63, 3.8) is 0 Å². The number of benzene rings is 1. The number of hydrogen-bond acceptors (Lipinski definition) is 7. The molecule has 0 atom stereocenters. The van der Waals surface area contributed by atoms with Gasteiger partial charge in [0.15, 0.2) is 0 Å². The minimum absolute atomic E-state index is 0.233. The van der Waals surface area contributed by atoms with Crippen LogP contribution in [0.1, 0.15) is 26.5 Å². The minimum Gasteiger partial charge on any atom is -0.465 e. The quantitative estimate of drug-likeness (QED) is 0.403. The number of esters is 2. The second kappa shape index (κ2) is 6.57. The molecule has 7 nitrogen and oxygen atoms in total. The Morgan fingerprint density at radius 3 is 2.50 bits per heavy atom. The number of methoxy groups -OCH3 is 2. The third-order valence-corrected chi connectivity index (χ3v) is 2.92. The molecule has 0 spiro atoms. The van der Waals surface area contributed by atoms with Crippen LogP contribution in [-0.2, 0) is 9.47 Å². The summed E-state index contributed by atoms with van der Waals surface area (Å²) in [6.07, 6.45) is 1.10. The van der Waals surface area contributed by atoms with E-state index in [1.807, 2.05) is 0 Å². The fourth-order valence-corrected chi connectivity index (χ4v) is 1.90. The van der Waals surface area contributed by atoms with E-state index in [0.29, 0.717) is 11.3 Å². The van der Waals surface area contributed by atoms with Crippen LogP contribution in [0.3, 0.4) is 0 Å². The molecule has 1 N–H and O–H groups in total. The topological polar surface area (TPSA) is 98.3 Å². The molecule has 0 aliphatic heterocycles. The predicted octanol–water partition coefficient (Wildman–Crippen LogP) is 2.33. The van der Waals surface area contributed by atoms with Crippen molar-refractivity contribution < 1.29 is 28.7 Å². The molecule has 0 aliphatic rings. The minimum atomic E-state index is -0.569. The van der Waals surface area contributed by atoms with Crippen LogP contribution >= 0.6 is 0 Å². The van der Waals surface area contributed by atoms with Crippen LogP contribution in [0, 0.1) is 0 Å². The lowest BCUT2D eigenvalue weighted by molar-refractivity contribution is 0.0587. The standard InChI is InChI=1S/C15H13NO6/c1-20-14(17)9-3-5-11(15(18)21-2)12(7-9)13-6-4-10(22-13)8-16-19/h3-8,19H,1-2H3/b16-8-. The number of oxime groups is 1. The molecule has 114 valence electrons. The Morgan fingerprint density at radius 1 is 1.14 bits per heavy atom. The second-order valence-electron chi connectivity index (χ2n) is 4.19. The second-order valence-corrected chi connectivity index (χ2v) is 4.19. The van der Waals surface area contributed by atoms with E-state index in [-0.39, 0.29) is 16.9 Å². The highest BCUT2D eigenvalue weighted by Crippen LogP contribution is 2.27. The van der Waals surface area contributed by atoms with E-state index in [2.05, 4.69) is 9.89 Å². The molecule has 7 heteroatoms. The maximum absolute atomic E-state index is 11.8. The van der Waals surface area contributed by atoms with E-state index in [1.54, 1.807) is 12.1 Å².